The fourth-order valence-electron chi connectivity index (χ4n) is 3.12. The number of sulfonamides is 1. The third kappa shape index (κ3) is 7.50. The molecule has 0 radical (unpaired) electrons. The minimum Gasteiger partial charge on any atom is -0.352 e. The van der Waals surface area contributed by atoms with E-state index in [0.29, 0.717) is 27.1 Å². The van der Waals surface area contributed by atoms with E-state index in [1.54, 1.807) is 25.1 Å². The summed E-state index contributed by atoms with van der Waals surface area (Å²) < 4.78 is 26.0. The van der Waals surface area contributed by atoms with Crippen LogP contribution in [0.5, 0.6) is 0 Å². The number of amides is 2. The van der Waals surface area contributed by atoms with Crippen LogP contribution in [-0.4, -0.2) is 50.0 Å². The Morgan fingerprint density at radius 2 is 1.56 bits per heavy atom. The van der Waals surface area contributed by atoms with Gasteiger partial charge in [0.25, 0.3) is 0 Å². The Morgan fingerprint density at radius 3 is 2.06 bits per heavy atom. The maximum absolute atomic E-state index is 13.5. The summed E-state index contributed by atoms with van der Waals surface area (Å²) in [7, 11) is -3.83. The normalized spacial score (nSPS) is 13.1. The average Bonchev–Trinajstić information content (AvgIpc) is 2.76. The Labute approximate surface area is 216 Å². The molecule has 0 saturated heterocycles. The van der Waals surface area contributed by atoms with Crippen LogP contribution in [0.4, 0.5) is 5.69 Å². The lowest BCUT2D eigenvalue weighted by Crippen LogP contribution is -2.52. The van der Waals surface area contributed by atoms with Crippen molar-refractivity contribution in [1.82, 2.24) is 10.2 Å². The molecule has 0 aromatic heterocycles. The van der Waals surface area contributed by atoms with Crippen molar-refractivity contribution in [2.75, 3.05) is 17.1 Å². The van der Waals surface area contributed by atoms with Crippen LogP contribution in [0.2, 0.25) is 15.1 Å². The Kier molecular flexibility index (Phi) is 10.1. The Morgan fingerprint density at radius 1 is 1.00 bits per heavy atom. The highest BCUT2D eigenvalue weighted by Crippen LogP contribution is 2.27. The van der Waals surface area contributed by atoms with E-state index in [0.717, 1.165) is 10.6 Å². The standard InChI is InChI=1S/C23H28Cl3N3O4S/c1-5-15(2)27-23(31)16(3)28(13-19-20(25)7-6-8-21(19)26)22(30)14-29(34(4,32)33)18-11-9-17(24)10-12-18/h6-12,15-16H,5,13-14H2,1-4H3,(H,27,31)/t15-,16+/m1/s1. The maximum atomic E-state index is 13.5. The van der Waals surface area contributed by atoms with Gasteiger partial charge in [-0.15, -0.1) is 0 Å². The lowest BCUT2D eigenvalue weighted by atomic mass is 10.1. The molecule has 2 aromatic carbocycles. The number of carbonyl (C=O) groups is 2. The van der Waals surface area contributed by atoms with Crippen LogP contribution in [0.25, 0.3) is 0 Å². The largest absolute Gasteiger partial charge is 0.352 e. The minimum atomic E-state index is -3.83. The fraction of sp³-hybridized carbons (Fsp3) is 0.391. The zero-order valence-corrected chi connectivity index (χ0v) is 22.5. The molecule has 0 aliphatic rings. The van der Waals surface area contributed by atoms with Crippen molar-refractivity contribution < 1.29 is 18.0 Å². The van der Waals surface area contributed by atoms with Crippen LogP contribution < -0.4 is 9.62 Å². The summed E-state index contributed by atoms with van der Waals surface area (Å²) in [5, 5.41) is 3.94. The smallest absolute Gasteiger partial charge is 0.244 e. The molecule has 0 aliphatic heterocycles. The number of halogens is 3. The van der Waals surface area contributed by atoms with E-state index in [4.69, 9.17) is 34.8 Å². The number of nitrogens with zero attached hydrogens (tertiary/aromatic N) is 2. The molecule has 0 heterocycles. The van der Waals surface area contributed by atoms with E-state index in [9.17, 15) is 18.0 Å². The lowest BCUT2D eigenvalue weighted by Gasteiger charge is -2.32. The molecule has 0 aliphatic carbocycles. The Balaban J connectivity index is 2.43. The minimum absolute atomic E-state index is 0.0787. The van der Waals surface area contributed by atoms with Gasteiger partial charge in [0.05, 0.1) is 11.9 Å². The summed E-state index contributed by atoms with van der Waals surface area (Å²) in [4.78, 5) is 27.7. The van der Waals surface area contributed by atoms with Crippen molar-refractivity contribution in [2.45, 2.75) is 45.8 Å². The average molecular weight is 549 g/mol. The molecule has 0 bridgehead atoms. The van der Waals surface area contributed by atoms with Crippen LogP contribution in [0.1, 0.15) is 32.8 Å². The van der Waals surface area contributed by atoms with Crippen LogP contribution in [0, 0.1) is 0 Å². The Hall–Kier alpha value is -2.00. The van der Waals surface area contributed by atoms with Gasteiger partial charge in [0, 0.05) is 33.2 Å². The first-order valence-corrected chi connectivity index (χ1v) is 13.6. The van der Waals surface area contributed by atoms with Crippen molar-refractivity contribution in [2.24, 2.45) is 0 Å². The molecule has 0 unspecified atom stereocenters. The van der Waals surface area contributed by atoms with Gasteiger partial charge in [-0.1, -0.05) is 47.8 Å². The van der Waals surface area contributed by atoms with Gasteiger partial charge in [0.1, 0.15) is 12.6 Å². The number of hydrogen-bond donors (Lipinski definition) is 1. The number of rotatable bonds is 10. The van der Waals surface area contributed by atoms with Gasteiger partial charge >= 0.3 is 0 Å². The van der Waals surface area contributed by atoms with E-state index in [1.165, 1.54) is 29.2 Å². The highest BCUT2D eigenvalue weighted by atomic mass is 35.5. The summed E-state index contributed by atoms with van der Waals surface area (Å²) in [6, 6.07) is 9.99. The summed E-state index contributed by atoms with van der Waals surface area (Å²) in [5.41, 5.74) is 0.729. The second-order valence-electron chi connectivity index (χ2n) is 7.96. The third-order valence-corrected chi connectivity index (χ3v) is 7.45. The quantitative estimate of drug-likeness (QED) is 0.464. The second kappa shape index (κ2) is 12.1. The molecule has 0 spiro atoms. The van der Waals surface area contributed by atoms with E-state index in [-0.39, 0.29) is 24.2 Å². The first-order chi connectivity index (χ1) is 15.8. The molecule has 34 heavy (non-hydrogen) atoms. The fourth-order valence-corrected chi connectivity index (χ4v) is 4.62. The van der Waals surface area contributed by atoms with Gasteiger partial charge in [-0.25, -0.2) is 8.42 Å². The number of anilines is 1. The van der Waals surface area contributed by atoms with Crippen LogP contribution in [-0.2, 0) is 26.2 Å². The zero-order valence-electron chi connectivity index (χ0n) is 19.4. The van der Waals surface area contributed by atoms with Crippen molar-refractivity contribution in [3.05, 3.63) is 63.1 Å². The number of benzene rings is 2. The van der Waals surface area contributed by atoms with E-state index < -0.39 is 28.5 Å². The molecule has 7 nitrogen and oxygen atoms in total. The second-order valence-corrected chi connectivity index (χ2v) is 11.1. The molecule has 11 heteroatoms. The molecule has 2 amide bonds. The molecule has 2 rings (SSSR count). The molecular weight excluding hydrogens is 521 g/mol. The van der Waals surface area contributed by atoms with E-state index in [2.05, 4.69) is 5.32 Å². The first-order valence-electron chi connectivity index (χ1n) is 10.6. The third-order valence-electron chi connectivity index (χ3n) is 5.35. The van der Waals surface area contributed by atoms with Crippen LogP contribution in [0.15, 0.2) is 42.5 Å². The topological polar surface area (TPSA) is 86.8 Å². The number of carbonyl (C=O) groups excluding carboxylic acids is 2. The van der Waals surface area contributed by atoms with Crippen LogP contribution in [0.3, 0.4) is 0 Å². The number of hydrogen-bond acceptors (Lipinski definition) is 4. The lowest BCUT2D eigenvalue weighted by molar-refractivity contribution is -0.139. The zero-order chi connectivity index (χ0) is 25.6. The van der Waals surface area contributed by atoms with Gasteiger partial charge in [-0.2, -0.15) is 0 Å². The molecule has 0 fully saturated rings. The Bertz CT molecular complexity index is 1110. The predicted molar refractivity (Wildman–Crippen MR) is 138 cm³/mol. The first kappa shape index (κ1) is 28.2. The van der Waals surface area contributed by atoms with Gasteiger partial charge < -0.3 is 10.2 Å². The van der Waals surface area contributed by atoms with Gasteiger partial charge in [0.2, 0.25) is 21.8 Å². The van der Waals surface area contributed by atoms with Crippen molar-refractivity contribution >= 4 is 62.3 Å². The molecule has 0 saturated carbocycles. The number of nitrogens with one attached hydrogen (secondary N) is 1. The monoisotopic (exact) mass is 547 g/mol. The van der Waals surface area contributed by atoms with Crippen LogP contribution >= 0.6 is 34.8 Å². The van der Waals surface area contributed by atoms with Gasteiger partial charge in [-0.3, -0.25) is 13.9 Å². The van der Waals surface area contributed by atoms with Crippen molar-refractivity contribution in [3.63, 3.8) is 0 Å². The van der Waals surface area contributed by atoms with Crippen molar-refractivity contribution in [3.8, 4) is 0 Å². The molecular formula is C23H28Cl3N3O4S. The predicted octanol–water partition coefficient (Wildman–Crippen LogP) is 4.74. The molecule has 1 N–H and O–H groups in total. The van der Waals surface area contributed by atoms with Gasteiger partial charge in [-0.05, 0) is 56.7 Å². The van der Waals surface area contributed by atoms with E-state index >= 15 is 0 Å². The molecule has 2 aromatic rings. The maximum Gasteiger partial charge on any atom is 0.244 e. The molecule has 186 valence electrons. The molecule has 2 atom stereocenters. The van der Waals surface area contributed by atoms with Gasteiger partial charge in [0.15, 0.2) is 0 Å². The summed E-state index contributed by atoms with van der Waals surface area (Å²) in [6.45, 7) is 4.76. The summed E-state index contributed by atoms with van der Waals surface area (Å²) in [5.74, 6) is -0.966. The summed E-state index contributed by atoms with van der Waals surface area (Å²) >= 11 is 18.6. The summed E-state index contributed by atoms with van der Waals surface area (Å²) in [6.07, 6.45) is 1.71. The van der Waals surface area contributed by atoms with Crippen molar-refractivity contribution in [1.29, 1.82) is 0 Å². The SMILES string of the molecule is CC[C@@H](C)NC(=O)[C@H](C)N(Cc1c(Cl)cccc1Cl)C(=O)CN(c1ccc(Cl)cc1)S(C)(=O)=O. The highest BCUT2D eigenvalue weighted by Gasteiger charge is 2.31. The highest BCUT2D eigenvalue weighted by molar-refractivity contribution is 7.92. The van der Waals surface area contributed by atoms with E-state index in [1.807, 2.05) is 13.8 Å².